The summed E-state index contributed by atoms with van der Waals surface area (Å²) in [5, 5.41) is 4.24. The van der Waals surface area contributed by atoms with E-state index in [0.717, 1.165) is 5.56 Å². The zero-order valence-corrected chi connectivity index (χ0v) is 12.5. The zero-order valence-electron chi connectivity index (χ0n) is 10.2. The molecule has 2 aromatic rings. The highest BCUT2D eigenvalue weighted by atomic mass is 35.5. The number of halogens is 3. The Labute approximate surface area is 132 Å². The van der Waals surface area contributed by atoms with E-state index in [9.17, 15) is 4.79 Å². The van der Waals surface area contributed by atoms with Gasteiger partial charge < -0.3 is 5.32 Å². The van der Waals surface area contributed by atoms with Crippen molar-refractivity contribution in [2.24, 2.45) is 0 Å². The molecule has 1 N–H and O–H groups in total. The van der Waals surface area contributed by atoms with Gasteiger partial charge in [0.25, 0.3) is 0 Å². The molecule has 0 saturated carbocycles. The minimum Gasteiger partial charge on any atom is -0.321 e. The van der Waals surface area contributed by atoms with Crippen LogP contribution in [0.15, 0.2) is 48.5 Å². The molecule has 0 aliphatic rings. The average molecular weight is 327 g/mol. The largest absolute Gasteiger partial charge is 0.321 e. The number of nitrogens with one attached hydrogen (secondary N) is 1. The molecule has 0 heterocycles. The average Bonchev–Trinajstić information content (AvgIpc) is 2.41. The van der Waals surface area contributed by atoms with E-state index in [-0.39, 0.29) is 5.91 Å². The Balaban J connectivity index is 2.03. The van der Waals surface area contributed by atoms with Gasteiger partial charge in [0.15, 0.2) is 0 Å². The second-order valence-electron chi connectivity index (χ2n) is 4.00. The molecule has 2 nitrogen and oxygen atoms in total. The summed E-state index contributed by atoms with van der Waals surface area (Å²) in [6.45, 7) is 0. The summed E-state index contributed by atoms with van der Waals surface area (Å²) in [6, 6.07) is 12.0. The smallest absolute Gasteiger partial charge is 0.248 e. The van der Waals surface area contributed by atoms with Crippen LogP contribution in [0, 0.1) is 0 Å². The third kappa shape index (κ3) is 4.27. The zero-order chi connectivity index (χ0) is 14.5. The van der Waals surface area contributed by atoms with Crippen LogP contribution in [0.1, 0.15) is 5.56 Å². The normalized spacial score (nSPS) is 10.8. The molecule has 20 heavy (non-hydrogen) atoms. The van der Waals surface area contributed by atoms with E-state index in [0.29, 0.717) is 20.8 Å². The molecule has 0 bridgehead atoms. The second-order valence-corrected chi connectivity index (χ2v) is 5.28. The van der Waals surface area contributed by atoms with Gasteiger partial charge in [-0.25, -0.2) is 0 Å². The van der Waals surface area contributed by atoms with Crippen molar-refractivity contribution in [2.75, 3.05) is 5.32 Å². The van der Waals surface area contributed by atoms with Crippen molar-refractivity contribution in [3.63, 3.8) is 0 Å². The molecule has 5 heteroatoms. The van der Waals surface area contributed by atoms with Crippen molar-refractivity contribution in [3.05, 3.63) is 69.2 Å². The number of carbonyl (C=O) groups is 1. The molecule has 0 unspecified atom stereocenters. The van der Waals surface area contributed by atoms with E-state index in [2.05, 4.69) is 5.32 Å². The highest BCUT2D eigenvalue weighted by molar-refractivity contribution is 6.36. The van der Waals surface area contributed by atoms with Gasteiger partial charge in [-0.15, -0.1) is 0 Å². The molecule has 0 saturated heterocycles. The maximum Gasteiger partial charge on any atom is 0.248 e. The number of rotatable bonds is 3. The number of benzene rings is 2. The van der Waals surface area contributed by atoms with Crippen molar-refractivity contribution in [1.82, 2.24) is 0 Å². The minimum absolute atomic E-state index is 0.274. The van der Waals surface area contributed by atoms with Crippen LogP contribution in [0.4, 0.5) is 5.69 Å². The van der Waals surface area contributed by atoms with E-state index in [1.165, 1.54) is 6.08 Å². The SMILES string of the molecule is O=C(C=Cc1ccc(Cl)cc1)Nc1ccc(Cl)cc1Cl. The summed E-state index contributed by atoms with van der Waals surface area (Å²) in [5.41, 5.74) is 1.40. The van der Waals surface area contributed by atoms with Crippen LogP contribution >= 0.6 is 34.8 Å². The van der Waals surface area contributed by atoms with Crippen molar-refractivity contribution in [1.29, 1.82) is 0 Å². The van der Waals surface area contributed by atoms with Crippen LogP contribution in [0.25, 0.3) is 6.08 Å². The molecule has 0 spiro atoms. The van der Waals surface area contributed by atoms with E-state index < -0.39 is 0 Å². The standard InChI is InChI=1S/C15H10Cl3NO/c16-11-4-1-10(2-5-11)3-8-15(20)19-14-7-6-12(17)9-13(14)18/h1-9H,(H,19,20). The number of hydrogen-bond acceptors (Lipinski definition) is 1. The predicted octanol–water partition coefficient (Wildman–Crippen LogP) is 5.30. The summed E-state index contributed by atoms with van der Waals surface area (Å²) < 4.78 is 0. The molecule has 0 fully saturated rings. The Hall–Kier alpha value is -1.48. The number of hydrogen-bond donors (Lipinski definition) is 1. The van der Waals surface area contributed by atoms with E-state index in [1.54, 1.807) is 36.4 Å². The molecule has 0 aromatic heterocycles. The highest BCUT2D eigenvalue weighted by Crippen LogP contribution is 2.25. The first-order valence-corrected chi connectivity index (χ1v) is 6.88. The van der Waals surface area contributed by atoms with Gasteiger partial charge in [0, 0.05) is 16.1 Å². The van der Waals surface area contributed by atoms with Crippen LogP contribution in [-0.4, -0.2) is 5.91 Å². The summed E-state index contributed by atoms with van der Waals surface area (Å²) >= 11 is 17.5. The highest BCUT2D eigenvalue weighted by Gasteiger charge is 2.03. The molecule has 0 aliphatic carbocycles. The molecule has 0 atom stereocenters. The molecule has 102 valence electrons. The molecule has 2 rings (SSSR count). The fourth-order valence-corrected chi connectivity index (χ4v) is 2.09. The van der Waals surface area contributed by atoms with Gasteiger partial charge in [0.1, 0.15) is 0 Å². The fraction of sp³-hybridized carbons (Fsp3) is 0. The van der Waals surface area contributed by atoms with E-state index in [1.807, 2.05) is 12.1 Å². The third-order valence-corrected chi connectivity index (χ3v) is 3.29. The third-order valence-electron chi connectivity index (χ3n) is 2.49. The van der Waals surface area contributed by atoms with Crippen LogP contribution in [-0.2, 0) is 4.79 Å². The predicted molar refractivity (Wildman–Crippen MR) is 85.6 cm³/mol. The number of carbonyl (C=O) groups excluding carboxylic acids is 1. The lowest BCUT2D eigenvalue weighted by Crippen LogP contribution is -2.08. The second kappa shape index (κ2) is 6.80. The van der Waals surface area contributed by atoms with Gasteiger partial charge in [-0.05, 0) is 42.0 Å². The molecule has 2 aromatic carbocycles. The Bertz CT molecular complexity index is 651. The van der Waals surface area contributed by atoms with Gasteiger partial charge in [-0.1, -0.05) is 46.9 Å². The molecular formula is C15H10Cl3NO. The van der Waals surface area contributed by atoms with Crippen LogP contribution in [0.2, 0.25) is 15.1 Å². The Morgan fingerprint density at radius 1 is 0.950 bits per heavy atom. The number of amides is 1. The van der Waals surface area contributed by atoms with Crippen molar-refractivity contribution < 1.29 is 4.79 Å². The van der Waals surface area contributed by atoms with Gasteiger partial charge in [0.05, 0.1) is 10.7 Å². The fourth-order valence-electron chi connectivity index (χ4n) is 1.51. The topological polar surface area (TPSA) is 29.1 Å². The Morgan fingerprint density at radius 2 is 1.60 bits per heavy atom. The summed E-state index contributed by atoms with van der Waals surface area (Å²) in [6.07, 6.45) is 3.11. The maximum atomic E-state index is 11.8. The lowest BCUT2D eigenvalue weighted by Gasteiger charge is -2.04. The van der Waals surface area contributed by atoms with Gasteiger partial charge in [-0.3, -0.25) is 4.79 Å². The minimum atomic E-state index is -0.274. The monoisotopic (exact) mass is 325 g/mol. The van der Waals surface area contributed by atoms with Crippen LogP contribution in [0.5, 0.6) is 0 Å². The van der Waals surface area contributed by atoms with Gasteiger partial charge >= 0.3 is 0 Å². The van der Waals surface area contributed by atoms with Crippen LogP contribution in [0.3, 0.4) is 0 Å². The quantitative estimate of drug-likeness (QED) is 0.762. The van der Waals surface area contributed by atoms with Gasteiger partial charge in [-0.2, -0.15) is 0 Å². The molecular weight excluding hydrogens is 317 g/mol. The van der Waals surface area contributed by atoms with Crippen molar-refractivity contribution in [2.45, 2.75) is 0 Å². The summed E-state index contributed by atoms with van der Waals surface area (Å²) in [7, 11) is 0. The first-order chi connectivity index (χ1) is 9.54. The lowest BCUT2D eigenvalue weighted by atomic mass is 10.2. The van der Waals surface area contributed by atoms with E-state index in [4.69, 9.17) is 34.8 Å². The first-order valence-electron chi connectivity index (χ1n) is 5.74. The number of anilines is 1. The Kier molecular flexibility index (Phi) is 5.07. The first kappa shape index (κ1) is 14.9. The molecule has 0 aliphatic heterocycles. The van der Waals surface area contributed by atoms with Crippen molar-refractivity contribution in [3.8, 4) is 0 Å². The Morgan fingerprint density at radius 3 is 2.25 bits per heavy atom. The van der Waals surface area contributed by atoms with Crippen molar-refractivity contribution >= 4 is 52.5 Å². The maximum absolute atomic E-state index is 11.8. The van der Waals surface area contributed by atoms with Gasteiger partial charge in [0.2, 0.25) is 5.91 Å². The lowest BCUT2D eigenvalue weighted by molar-refractivity contribution is -0.111. The molecule has 1 amide bonds. The van der Waals surface area contributed by atoms with Crippen LogP contribution < -0.4 is 5.32 Å². The van der Waals surface area contributed by atoms with E-state index >= 15 is 0 Å². The molecule has 0 radical (unpaired) electrons. The summed E-state index contributed by atoms with van der Waals surface area (Å²) in [4.78, 5) is 11.8. The summed E-state index contributed by atoms with van der Waals surface area (Å²) in [5.74, 6) is -0.274.